The summed E-state index contributed by atoms with van der Waals surface area (Å²) in [6.45, 7) is 6.70. The molecule has 15 heavy (non-hydrogen) atoms. The lowest BCUT2D eigenvalue weighted by atomic mass is 9.89. The Hall–Kier alpha value is -0.450. The molecular formula is C11H23NO3. The number of ether oxygens (including phenoxy) is 1. The van der Waals surface area contributed by atoms with Crippen molar-refractivity contribution in [2.45, 2.75) is 20.3 Å². The zero-order chi connectivity index (χ0) is 11.7. The van der Waals surface area contributed by atoms with Gasteiger partial charge in [-0.15, -0.1) is 0 Å². The highest BCUT2D eigenvalue weighted by molar-refractivity contribution is 5.58. The first-order valence-electron chi connectivity index (χ1n) is 5.40. The van der Waals surface area contributed by atoms with Crippen LogP contribution in [-0.4, -0.2) is 56.3 Å². The number of hydrogen-bond donors (Lipinski definition) is 1. The Morgan fingerprint density at radius 2 is 2.13 bits per heavy atom. The highest BCUT2D eigenvalue weighted by atomic mass is 16.5. The molecule has 4 heteroatoms. The lowest BCUT2D eigenvalue weighted by Crippen LogP contribution is -2.40. The normalized spacial score (nSPS) is 15.3. The van der Waals surface area contributed by atoms with Crippen LogP contribution in [0.5, 0.6) is 0 Å². The summed E-state index contributed by atoms with van der Waals surface area (Å²) in [5.74, 6) is 0. The largest absolute Gasteiger partial charge is 0.395 e. The van der Waals surface area contributed by atoms with Crippen LogP contribution in [0.1, 0.15) is 20.3 Å². The van der Waals surface area contributed by atoms with E-state index in [1.54, 1.807) is 7.11 Å². The highest BCUT2D eigenvalue weighted by Crippen LogP contribution is 2.19. The van der Waals surface area contributed by atoms with Gasteiger partial charge in [0.05, 0.1) is 13.2 Å². The van der Waals surface area contributed by atoms with Gasteiger partial charge in [-0.3, -0.25) is 4.90 Å². The van der Waals surface area contributed by atoms with Crippen LogP contribution in [0.3, 0.4) is 0 Å². The Balaban J connectivity index is 4.17. The van der Waals surface area contributed by atoms with Gasteiger partial charge >= 0.3 is 0 Å². The molecule has 0 saturated heterocycles. The van der Waals surface area contributed by atoms with E-state index in [9.17, 15) is 4.79 Å². The number of aliphatic hydroxyl groups is 1. The first kappa shape index (κ1) is 14.6. The van der Waals surface area contributed by atoms with Crippen molar-refractivity contribution in [1.29, 1.82) is 0 Å². The molecule has 0 spiro atoms. The van der Waals surface area contributed by atoms with Crippen LogP contribution in [0.25, 0.3) is 0 Å². The van der Waals surface area contributed by atoms with E-state index >= 15 is 0 Å². The molecule has 0 aliphatic heterocycles. The molecule has 1 atom stereocenters. The van der Waals surface area contributed by atoms with E-state index < -0.39 is 0 Å². The molecule has 0 rings (SSSR count). The minimum absolute atomic E-state index is 0.113. The van der Waals surface area contributed by atoms with Crippen LogP contribution in [-0.2, 0) is 9.53 Å². The van der Waals surface area contributed by atoms with Gasteiger partial charge in [0.25, 0.3) is 0 Å². The van der Waals surface area contributed by atoms with E-state index in [4.69, 9.17) is 9.84 Å². The molecule has 1 unspecified atom stereocenters. The Bertz CT molecular complexity index is 175. The van der Waals surface area contributed by atoms with Crippen LogP contribution >= 0.6 is 0 Å². The van der Waals surface area contributed by atoms with Crippen molar-refractivity contribution in [2.75, 3.05) is 40.0 Å². The van der Waals surface area contributed by atoms with Gasteiger partial charge in [-0.25, -0.2) is 0 Å². The summed E-state index contributed by atoms with van der Waals surface area (Å²) in [7, 11) is 1.65. The molecule has 0 saturated carbocycles. The predicted molar refractivity (Wildman–Crippen MR) is 59.9 cm³/mol. The molecule has 0 aromatic rings. The second-order valence-corrected chi connectivity index (χ2v) is 4.12. The van der Waals surface area contributed by atoms with Crippen LogP contribution in [0, 0.1) is 5.41 Å². The minimum Gasteiger partial charge on any atom is -0.395 e. The quantitative estimate of drug-likeness (QED) is 0.573. The summed E-state index contributed by atoms with van der Waals surface area (Å²) >= 11 is 0. The first-order valence-corrected chi connectivity index (χ1v) is 5.40. The maximum absolute atomic E-state index is 11.0. The van der Waals surface area contributed by atoms with E-state index in [0.717, 1.165) is 19.3 Å². The molecule has 0 aromatic carbocycles. The van der Waals surface area contributed by atoms with Crippen LogP contribution < -0.4 is 0 Å². The van der Waals surface area contributed by atoms with E-state index in [1.807, 2.05) is 13.8 Å². The zero-order valence-electron chi connectivity index (χ0n) is 10.0. The lowest BCUT2D eigenvalue weighted by Gasteiger charge is -2.30. The fourth-order valence-corrected chi connectivity index (χ4v) is 1.37. The highest BCUT2D eigenvalue weighted by Gasteiger charge is 2.24. The minimum atomic E-state index is -0.317. The monoisotopic (exact) mass is 217 g/mol. The molecule has 0 radical (unpaired) electrons. The van der Waals surface area contributed by atoms with Crippen molar-refractivity contribution in [3.63, 3.8) is 0 Å². The molecule has 4 nitrogen and oxygen atoms in total. The lowest BCUT2D eigenvalue weighted by molar-refractivity contribution is -0.116. The second kappa shape index (κ2) is 7.79. The fourth-order valence-electron chi connectivity index (χ4n) is 1.37. The zero-order valence-corrected chi connectivity index (χ0v) is 10.0. The summed E-state index contributed by atoms with van der Waals surface area (Å²) in [4.78, 5) is 13.0. The molecule has 0 aliphatic carbocycles. The van der Waals surface area contributed by atoms with Crippen LogP contribution in [0.4, 0.5) is 0 Å². The molecule has 90 valence electrons. The standard InChI is InChI=1S/C11H23NO3/c1-4-11(2,10-14)9-12(5-7-13)6-8-15-3/h10,13H,4-9H2,1-3H3. The van der Waals surface area contributed by atoms with Gasteiger partial charge in [0.2, 0.25) is 0 Å². The number of aliphatic hydroxyl groups excluding tert-OH is 1. The Labute approximate surface area is 92.2 Å². The van der Waals surface area contributed by atoms with Crippen molar-refractivity contribution in [2.24, 2.45) is 5.41 Å². The van der Waals surface area contributed by atoms with Crippen molar-refractivity contribution in [1.82, 2.24) is 4.90 Å². The van der Waals surface area contributed by atoms with Gasteiger partial charge in [-0.1, -0.05) is 13.8 Å². The maximum atomic E-state index is 11.0. The Kier molecular flexibility index (Phi) is 7.56. The molecule has 0 amide bonds. The van der Waals surface area contributed by atoms with Gasteiger partial charge in [-0.05, 0) is 6.42 Å². The molecule has 0 heterocycles. The number of hydrogen-bond acceptors (Lipinski definition) is 4. The summed E-state index contributed by atoms with van der Waals surface area (Å²) in [6, 6.07) is 0. The van der Waals surface area contributed by atoms with Crippen molar-refractivity contribution >= 4 is 6.29 Å². The molecular weight excluding hydrogens is 194 g/mol. The molecule has 0 bridgehead atoms. The van der Waals surface area contributed by atoms with Gasteiger partial charge in [0.1, 0.15) is 6.29 Å². The molecule has 0 fully saturated rings. The van der Waals surface area contributed by atoms with E-state index in [2.05, 4.69) is 4.90 Å². The smallest absolute Gasteiger partial charge is 0.127 e. The third-order valence-electron chi connectivity index (χ3n) is 2.70. The molecule has 1 N–H and O–H groups in total. The number of aldehydes is 1. The molecule has 0 aromatic heterocycles. The topological polar surface area (TPSA) is 49.8 Å². The van der Waals surface area contributed by atoms with Crippen molar-refractivity contribution in [3.05, 3.63) is 0 Å². The van der Waals surface area contributed by atoms with Gasteiger partial charge < -0.3 is 14.6 Å². The van der Waals surface area contributed by atoms with E-state index in [1.165, 1.54) is 0 Å². The number of nitrogens with zero attached hydrogens (tertiary/aromatic N) is 1. The summed E-state index contributed by atoms with van der Waals surface area (Å²) < 4.78 is 4.99. The van der Waals surface area contributed by atoms with Gasteiger partial charge in [-0.2, -0.15) is 0 Å². The number of rotatable bonds is 9. The second-order valence-electron chi connectivity index (χ2n) is 4.12. The van der Waals surface area contributed by atoms with Gasteiger partial charge in [0, 0.05) is 32.2 Å². The van der Waals surface area contributed by atoms with Gasteiger partial charge in [0.15, 0.2) is 0 Å². The van der Waals surface area contributed by atoms with E-state index in [-0.39, 0.29) is 12.0 Å². The predicted octanol–water partition coefficient (Wildman–Crippen LogP) is 0.542. The average Bonchev–Trinajstić information content (AvgIpc) is 2.26. The summed E-state index contributed by atoms with van der Waals surface area (Å²) in [5.41, 5.74) is -0.317. The van der Waals surface area contributed by atoms with E-state index in [0.29, 0.717) is 19.7 Å². The molecule has 0 aliphatic rings. The Morgan fingerprint density at radius 1 is 1.47 bits per heavy atom. The third kappa shape index (κ3) is 5.87. The Morgan fingerprint density at radius 3 is 2.53 bits per heavy atom. The van der Waals surface area contributed by atoms with Crippen molar-refractivity contribution in [3.8, 4) is 0 Å². The number of carbonyl (C=O) groups excluding carboxylic acids is 1. The summed E-state index contributed by atoms with van der Waals surface area (Å²) in [6.07, 6.45) is 1.82. The fraction of sp³-hybridized carbons (Fsp3) is 0.909. The first-order chi connectivity index (χ1) is 7.11. The average molecular weight is 217 g/mol. The number of carbonyl (C=O) groups is 1. The van der Waals surface area contributed by atoms with Crippen molar-refractivity contribution < 1.29 is 14.6 Å². The maximum Gasteiger partial charge on any atom is 0.127 e. The van der Waals surface area contributed by atoms with Crippen LogP contribution in [0.2, 0.25) is 0 Å². The SMILES string of the molecule is CCC(C)(C=O)CN(CCO)CCOC. The third-order valence-corrected chi connectivity index (χ3v) is 2.70. The number of methoxy groups -OCH3 is 1. The summed E-state index contributed by atoms with van der Waals surface area (Å²) in [5, 5.41) is 8.91. The van der Waals surface area contributed by atoms with Crippen LogP contribution in [0.15, 0.2) is 0 Å².